The Kier molecular flexibility index (Phi) is 3.33. The number of thioether (sulfide) groups is 1. The fourth-order valence-electron chi connectivity index (χ4n) is 2.89. The first-order chi connectivity index (χ1) is 11.3. The van der Waals surface area contributed by atoms with Gasteiger partial charge in [0.2, 0.25) is 6.79 Å². The third kappa shape index (κ3) is 2.63. The smallest absolute Gasteiger partial charge is 0.231 e. The fraction of sp³-hybridized carbons (Fsp3) is 0.500. The molecule has 2 heterocycles. The molecular formula is C16H16BrN3O2S. The van der Waals surface area contributed by atoms with Gasteiger partial charge in [0.25, 0.3) is 0 Å². The summed E-state index contributed by atoms with van der Waals surface area (Å²) in [5.74, 6) is 4.33. The molecule has 2 fully saturated rings. The van der Waals surface area contributed by atoms with Crippen molar-refractivity contribution < 1.29 is 9.47 Å². The minimum Gasteiger partial charge on any atom is -0.454 e. The molecule has 2 saturated carbocycles. The predicted molar refractivity (Wildman–Crippen MR) is 90.1 cm³/mol. The molecule has 2 aliphatic carbocycles. The molecule has 0 bridgehead atoms. The van der Waals surface area contributed by atoms with Gasteiger partial charge >= 0.3 is 0 Å². The Balaban J connectivity index is 1.39. The lowest BCUT2D eigenvalue weighted by atomic mass is 10.2. The van der Waals surface area contributed by atoms with Gasteiger partial charge < -0.3 is 14.0 Å². The topological polar surface area (TPSA) is 49.2 Å². The van der Waals surface area contributed by atoms with Crippen LogP contribution in [-0.2, 0) is 5.75 Å². The van der Waals surface area contributed by atoms with Gasteiger partial charge in [-0.15, -0.1) is 10.2 Å². The molecule has 0 amide bonds. The average Bonchev–Trinajstić information content (AvgIpc) is 3.47. The van der Waals surface area contributed by atoms with E-state index in [0.29, 0.717) is 18.8 Å². The van der Waals surface area contributed by atoms with Crippen LogP contribution in [0.15, 0.2) is 21.8 Å². The number of nitrogens with zero attached hydrogens (tertiary/aromatic N) is 3. The van der Waals surface area contributed by atoms with Crippen LogP contribution in [0, 0.1) is 0 Å². The number of rotatable bonds is 5. The van der Waals surface area contributed by atoms with Crippen molar-refractivity contribution in [1.29, 1.82) is 0 Å². The molecule has 120 valence electrons. The highest BCUT2D eigenvalue weighted by Crippen LogP contribution is 2.46. The van der Waals surface area contributed by atoms with Crippen LogP contribution in [0.1, 0.15) is 49.0 Å². The first kappa shape index (κ1) is 14.2. The molecule has 0 unspecified atom stereocenters. The van der Waals surface area contributed by atoms with Crippen LogP contribution in [0.3, 0.4) is 0 Å². The van der Waals surface area contributed by atoms with Crippen molar-refractivity contribution in [2.24, 2.45) is 0 Å². The number of hydrogen-bond donors (Lipinski definition) is 0. The van der Waals surface area contributed by atoms with Gasteiger partial charge in [-0.3, -0.25) is 0 Å². The highest BCUT2D eigenvalue weighted by Gasteiger charge is 2.36. The van der Waals surface area contributed by atoms with Gasteiger partial charge in [0.1, 0.15) is 5.82 Å². The summed E-state index contributed by atoms with van der Waals surface area (Å²) < 4.78 is 14.3. The summed E-state index contributed by atoms with van der Waals surface area (Å²) in [7, 11) is 0. The molecular weight excluding hydrogens is 378 g/mol. The molecule has 0 N–H and O–H groups in total. The second-order valence-corrected chi connectivity index (χ2v) is 8.10. The third-order valence-corrected chi connectivity index (χ3v) is 6.17. The van der Waals surface area contributed by atoms with Gasteiger partial charge in [0.15, 0.2) is 16.7 Å². The lowest BCUT2D eigenvalue weighted by Gasteiger charge is -2.09. The largest absolute Gasteiger partial charge is 0.454 e. The Morgan fingerprint density at radius 1 is 1.13 bits per heavy atom. The standard InChI is InChI=1S/C16H16BrN3O2S/c17-12-6-14-13(21-8-22-14)5-10(12)7-23-16-19-18-15(9-1-2-9)20(16)11-3-4-11/h5-6,9,11H,1-4,7-8H2. The second kappa shape index (κ2) is 5.41. The number of benzene rings is 1. The Morgan fingerprint density at radius 3 is 2.65 bits per heavy atom. The summed E-state index contributed by atoms with van der Waals surface area (Å²) in [6.07, 6.45) is 5.06. The minimum absolute atomic E-state index is 0.305. The molecule has 0 atom stereocenters. The lowest BCUT2D eigenvalue weighted by Crippen LogP contribution is -2.02. The minimum atomic E-state index is 0.305. The number of ether oxygens (including phenoxy) is 2. The lowest BCUT2D eigenvalue weighted by molar-refractivity contribution is 0.174. The van der Waals surface area contributed by atoms with Crippen molar-refractivity contribution in [3.8, 4) is 11.5 Å². The summed E-state index contributed by atoms with van der Waals surface area (Å²) in [4.78, 5) is 0. The zero-order valence-corrected chi connectivity index (χ0v) is 14.9. The quantitative estimate of drug-likeness (QED) is 0.709. The second-order valence-electron chi connectivity index (χ2n) is 6.30. The van der Waals surface area contributed by atoms with Crippen LogP contribution in [0.2, 0.25) is 0 Å². The van der Waals surface area contributed by atoms with Crippen LogP contribution in [0.4, 0.5) is 0 Å². The molecule has 0 saturated heterocycles. The van der Waals surface area contributed by atoms with Crippen LogP contribution < -0.4 is 9.47 Å². The van der Waals surface area contributed by atoms with E-state index in [1.165, 1.54) is 37.1 Å². The molecule has 1 aromatic carbocycles. The maximum absolute atomic E-state index is 5.48. The van der Waals surface area contributed by atoms with Crippen molar-refractivity contribution in [2.45, 2.75) is 48.6 Å². The van der Waals surface area contributed by atoms with Gasteiger partial charge in [-0.1, -0.05) is 27.7 Å². The Morgan fingerprint density at radius 2 is 1.91 bits per heavy atom. The predicted octanol–water partition coefficient (Wildman–Crippen LogP) is 4.27. The summed E-state index contributed by atoms with van der Waals surface area (Å²) in [5.41, 5.74) is 1.19. The van der Waals surface area contributed by atoms with Crippen LogP contribution >= 0.6 is 27.7 Å². The normalized spacial score (nSPS) is 19.3. The highest BCUT2D eigenvalue weighted by atomic mass is 79.9. The number of halogens is 1. The van der Waals surface area contributed by atoms with Crippen molar-refractivity contribution in [2.75, 3.05) is 6.79 Å². The average molecular weight is 394 g/mol. The zero-order valence-electron chi connectivity index (χ0n) is 12.5. The van der Waals surface area contributed by atoms with Crippen LogP contribution in [-0.4, -0.2) is 21.6 Å². The van der Waals surface area contributed by atoms with E-state index in [1.807, 2.05) is 6.07 Å². The monoisotopic (exact) mass is 393 g/mol. The van der Waals surface area contributed by atoms with Crippen molar-refractivity contribution in [3.63, 3.8) is 0 Å². The van der Waals surface area contributed by atoms with E-state index in [-0.39, 0.29) is 0 Å². The van der Waals surface area contributed by atoms with E-state index < -0.39 is 0 Å². The Hall–Kier alpha value is -1.21. The van der Waals surface area contributed by atoms with Crippen molar-refractivity contribution in [3.05, 3.63) is 28.0 Å². The molecule has 23 heavy (non-hydrogen) atoms. The number of aromatic nitrogens is 3. The van der Waals surface area contributed by atoms with E-state index in [1.54, 1.807) is 11.8 Å². The Bertz CT molecular complexity index is 771. The van der Waals surface area contributed by atoms with E-state index in [2.05, 4.69) is 36.8 Å². The summed E-state index contributed by atoms with van der Waals surface area (Å²) >= 11 is 5.39. The van der Waals surface area contributed by atoms with Gasteiger partial charge in [0.05, 0.1) is 0 Å². The maximum atomic E-state index is 5.48. The highest BCUT2D eigenvalue weighted by molar-refractivity contribution is 9.10. The SMILES string of the molecule is Brc1cc2c(cc1CSc1nnc(C3CC3)n1C1CC1)OCO2. The Labute approximate surface area is 146 Å². The zero-order chi connectivity index (χ0) is 15.4. The first-order valence-corrected chi connectivity index (χ1v) is 9.73. The van der Waals surface area contributed by atoms with Gasteiger partial charge in [0, 0.05) is 22.2 Å². The summed E-state index contributed by atoms with van der Waals surface area (Å²) in [6.45, 7) is 0.305. The van der Waals surface area contributed by atoms with Gasteiger partial charge in [-0.25, -0.2) is 0 Å². The third-order valence-electron chi connectivity index (χ3n) is 4.44. The molecule has 3 aliphatic rings. The molecule has 2 aromatic rings. The van der Waals surface area contributed by atoms with E-state index in [4.69, 9.17) is 9.47 Å². The molecule has 5 rings (SSSR count). The molecule has 5 nitrogen and oxygen atoms in total. The molecule has 0 radical (unpaired) electrons. The van der Waals surface area contributed by atoms with E-state index >= 15 is 0 Å². The van der Waals surface area contributed by atoms with Crippen LogP contribution in [0.25, 0.3) is 0 Å². The van der Waals surface area contributed by atoms with E-state index in [9.17, 15) is 0 Å². The van der Waals surface area contributed by atoms with Crippen molar-refractivity contribution in [1.82, 2.24) is 14.8 Å². The van der Waals surface area contributed by atoms with Gasteiger partial charge in [-0.05, 0) is 43.4 Å². The van der Waals surface area contributed by atoms with Gasteiger partial charge in [-0.2, -0.15) is 0 Å². The molecule has 1 aliphatic heterocycles. The molecule has 1 aromatic heterocycles. The number of hydrogen-bond acceptors (Lipinski definition) is 5. The van der Waals surface area contributed by atoms with Crippen LogP contribution in [0.5, 0.6) is 11.5 Å². The maximum Gasteiger partial charge on any atom is 0.231 e. The van der Waals surface area contributed by atoms with E-state index in [0.717, 1.165) is 26.9 Å². The fourth-order valence-corrected chi connectivity index (χ4v) is 4.55. The number of fused-ring (bicyclic) bond motifs is 1. The molecule has 0 spiro atoms. The van der Waals surface area contributed by atoms with Crippen molar-refractivity contribution >= 4 is 27.7 Å². The first-order valence-electron chi connectivity index (χ1n) is 7.95. The summed E-state index contributed by atoms with van der Waals surface area (Å²) in [6, 6.07) is 4.67. The molecule has 7 heteroatoms. The summed E-state index contributed by atoms with van der Waals surface area (Å²) in [5, 5.41) is 9.98.